The number of carbonyl (C=O) groups is 2. The largest absolute Gasteiger partial charge is 0.338 e. The number of benzene rings is 2. The minimum absolute atomic E-state index is 0.0470. The fraction of sp³-hybridized carbons (Fsp3) is 0.300. The molecule has 0 saturated carbocycles. The molecular weight excluding hydrogens is 420 g/mol. The van der Waals surface area contributed by atoms with Crippen LogP contribution in [-0.4, -0.2) is 35.0 Å². The molecule has 32 heavy (non-hydrogen) atoms. The third kappa shape index (κ3) is 8.65. The number of non-ortho nitro benzene ring substituents is 2. The molecule has 0 bridgehead atoms. The van der Waals surface area contributed by atoms with Gasteiger partial charge in [-0.05, 0) is 37.1 Å². The van der Waals surface area contributed by atoms with Crippen LogP contribution in [0.15, 0.2) is 48.5 Å². The second-order valence-corrected chi connectivity index (χ2v) is 6.78. The molecule has 0 fully saturated rings. The Morgan fingerprint density at radius 1 is 0.625 bits per heavy atom. The van der Waals surface area contributed by atoms with Crippen molar-refractivity contribution in [1.29, 1.82) is 0 Å². The van der Waals surface area contributed by atoms with Crippen LogP contribution in [-0.2, 0) is 0 Å². The van der Waals surface area contributed by atoms with Crippen molar-refractivity contribution >= 4 is 34.8 Å². The summed E-state index contributed by atoms with van der Waals surface area (Å²) < 4.78 is 0. The van der Waals surface area contributed by atoms with Crippen molar-refractivity contribution in [3.63, 3.8) is 0 Å². The quantitative estimate of drug-likeness (QED) is 0.232. The molecule has 0 aliphatic heterocycles. The van der Waals surface area contributed by atoms with Gasteiger partial charge in [0.05, 0.1) is 9.85 Å². The van der Waals surface area contributed by atoms with E-state index in [2.05, 4.69) is 21.3 Å². The molecule has 4 amide bonds. The van der Waals surface area contributed by atoms with Gasteiger partial charge in [-0.3, -0.25) is 20.2 Å². The van der Waals surface area contributed by atoms with Crippen LogP contribution in [0.1, 0.15) is 25.7 Å². The Labute approximate surface area is 183 Å². The van der Waals surface area contributed by atoms with Crippen molar-refractivity contribution in [2.24, 2.45) is 0 Å². The fourth-order valence-corrected chi connectivity index (χ4v) is 2.69. The molecule has 2 rings (SSSR count). The van der Waals surface area contributed by atoms with Gasteiger partial charge < -0.3 is 21.3 Å². The van der Waals surface area contributed by atoms with E-state index in [1.165, 1.54) is 48.5 Å². The zero-order valence-electron chi connectivity index (χ0n) is 17.2. The van der Waals surface area contributed by atoms with Crippen LogP contribution in [0.25, 0.3) is 0 Å². The lowest BCUT2D eigenvalue weighted by molar-refractivity contribution is -0.385. The van der Waals surface area contributed by atoms with Crippen molar-refractivity contribution in [3.05, 3.63) is 68.8 Å². The second kappa shape index (κ2) is 12.5. The van der Waals surface area contributed by atoms with Crippen molar-refractivity contribution in [2.45, 2.75) is 25.7 Å². The molecule has 0 heterocycles. The number of carbonyl (C=O) groups excluding carboxylic acids is 2. The maximum absolute atomic E-state index is 11.8. The van der Waals surface area contributed by atoms with Crippen molar-refractivity contribution in [2.75, 3.05) is 23.7 Å². The summed E-state index contributed by atoms with van der Waals surface area (Å²) in [6.45, 7) is 0.958. The summed E-state index contributed by atoms with van der Waals surface area (Å²) in [5.41, 5.74) is 0.834. The number of hydrogen-bond acceptors (Lipinski definition) is 6. The van der Waals surface area contributed by atoms with Gasteiger partial charge in [-0.15, -0.1) is 0 Å². The van der Waals surface area contributed by atoms with Gasteiger partial charge in [-0.2, -0.15) is 0 Å². The SMILES string of the molecule is O=C(NCCCCCCNC(=O)Nc1ccc([N+](=O)[O-])cc1)Nc1ccc([N+](=O)[O-])cc1. The smallest absolute Gasteiger partial charge is 0.319 e. The number of nitrogens with one attached hydrogen (secondary N) is 4. The van der Waals surface area contributed by atoms with Gasteiger partial charge >= 0.3 is 12.1 Å². The summed E-state index contributed by atoms with van der Waals surface area (Å²) in [4.78, 5) is 43.8. The van der Waals surface area contributed by atoms with Crippen LogP contribution in [0.4, 0.5) is 32.3 Å². The molecule has 2 aromatic carbocycles. The first-order valence-electron chi connectivity index (χ1n) is 9.94. The van der Waals surface area contributed by atoms with Crippen LogP contribution in [0.2, 0.25) is 0 Å². The van der Waals surface area contributed by atoms with Gasteiger partial charge in [0.15, 0.2) is 0 Å². The molecule has 0 aliphatic carbocycles. The van der Waals surface area contributed by atoms with Crippen molar-refractivity contribution < 1.29 is 19.4 Å². The first kappa shape index (κ1) is 24.1. The molecule has 2 aromatic rings. The summed E-state index contributed by atoms with van der Waals surface area (Å²) in [6.07, 6.45) is 3.26. The fourth-order valence-electron chi connectivity index (χ4n) is 2.69. The van der Waals surface area contributed by atoms with Crippen LogP contribution in [0, 0.1) is 20.2 Å². The van der Waals surface area contributed by atoms with E-state index >= 15 is 0 Å². The van der Waals surface area contributed by atoms with E-state index in [1.54, 1.807) is 0 Å². The van der Waals surface area contributed by atoms with E-state index in [0.717, 1.165) is 25.7 Å². The second-order valence-electron chi connectivity index (χ2n) is 6.78. The molecule has 12 nitrogen and oxygen atoms in total. The lowest BCUT2D eigenvalue weighted by atomic mass is 10.2. The van der Waals surface area contributed by atoms with Gasteiger partial charge in [0.2, 0.25) is 0 Å². The summed E-state index contributed by atoms with van der Waals surface area (Å²) in [5.74, 6) is 0. The lowest BCUT2D eigenvalue weighted by Gasteiger charge is -2.08. The van der Waals surface area contributed by atoms with Crippen LogP contribution >= 0.6 is 0 Å². The van der Waals surface area contributed by atoms with Gasteiger partial charge in [0.1, 0.15) is 0 Å². The van der Waals surface area contributed by atoms with E-state index in [0.29, 0.717) is 24.5 Å². The summed E-state index contributed by atoms with van der Waals surface area (Å²) in [5, 5.41) is 31.8. The highest BCUT2D eigenvalue weighted by Gasteiger charge is 2.07. The third-order valence-corrected chi connectivity index (χ3v) is 4.35. The molecule has 0 atom stereocenters. The molecule has 4 N–H and O–H groups in total. The molecule has 0 aliphatic rings. The maximum Gasteiger partial charge on any atom is 0.319 e. The number of nitro benzene ring substituents is 2. The number of urea groups is 2. The van der Waals surface area contributed by atoms with Crippen molar-refractivity contribution in [1.82, 2.24) is 10.6 Å². The highest BCUT2D eigenvalue weighted by Crippen LogP contribution is 2.16. The number of unbranched alkanes of at least 4 members (excludes halogenated alkanes) is 3. The van der Waals surface area contributed by atoms with Crippen LogP contribution in [0.5, 0.6) is 0 Å². The molecule has 0 radical (unpaired) electrons. The third-order valence-electron chi connectivity index (χ3n) is 4.35. The van der Waals surface area contributed by atoms with E-state index < -0.39 is 9.85 Å². The first-order valence-corrected chi connectivity index (χ1v) is 9.94. The Bertz CT molecular complexity index is 855. The number of nitro groups is 2. The number of nitrogens with zero attached hydrogens (tertiary/aromatic N) is 2. The monoisotopic (exact) mass is 444 g/mol. The van der Waals surface area contributed by atoms with Gasteiger partial charge in [0, 0.05) is 48.7 Å². The topological polar surface area (TPSA) is 169 Å². The average Bonchev–Trinajstić information content (AvgIpc) is 2.76. The summed E-state index contributed by atoms with van der Waals surface area (Å²) in [6, 6.07) is 10.3. The van der Waals surface area contributed by atoms with Gasteiger partial charge in [-0.25, -0.2) is 9.59 Å². The first-order chi connectivity index (χ1) is 15.3. The summed E-state index contributed by atoms with van der Waals surface area (Å²) in [7, 11) is 0. The Kier molecular flexibility index (Phi) is 9.37. The van der Waals surface area contributed by atoms with Gasteiger partial charge in [0.25, 0.3) is 11.4 Å². The number of anilines is 2. The Hall–Kier alpha value is -4.22. The number of rotatable bonds is 11. The normalized spacial score (nSPS) is 10.1. The predicted molar refractivity (Wildman–Crippen MR) is 119 cm³/mol. The molecule has 12 heteroatoms. The molecule has 0 unspecified atom stereocenters. The highest BCUT2D eigenvalue weighted by molar-refractivity contribution is 5.89. The molecule has 170 valence electrons. The standard InChI is InChI=1S/C20H24N6O6/c27-19(23-15-5-9-17(10-6-15)25(29)30)21-13-3-1-2-4-14-22-20(28)24-16-7-11-18(12-8-16)26(31)32/h5-12H,1-4,13-14H2,(H2,21,23,27)(H2,22,24,28). The van der Waals surface area contributed by atoms with E-state index in [9.17, 15) is 29.8 Å². The molecular formula is C20H24N6O6. The summed E-state index contributed by atoms with van der Waals surface area (Å²) >= 11 is 0. The molecule has 0 saturated heterocycles. The van der Waals surface area contributed by atoms with E-state index in [-0.39, 0.29) is 23.4 Å². The zero-order chi connectivity index (χ0) is 23.3. The Balaban J connectivity index is 1.50. The number of hydrogen-bond donors (Lipinski definition) is 4. The molecule has 0 aromatic heterocycles. The van der Waals surface area contributed by atoms with E-state index in [1.807, 2.05) is 0 Å². The zero-order valence-corrected chi connectivity index (χ0v) is 17.2. The molecule has 0 spiro atoms. The minimum Gasteiger partial charge on any atom is -0.338 e. The maximum atomic E-state index is 11.8. The highest BCUT2D eigenvalue weighted by atomic mass is 16.6. The predicted octanol–water partition coefficient (Wildman–Crippen LogP) is 4.01. The minimum atomic E-state index is -0.509. The van der Waals surface area contributed by atoms with Gasteiger partial charge in [-0.1, -0.05) is 12.8 Å². The van der Waals surface area contributed by atoms with Crippen molar-refractivity contribution in [3.8, 4) is 0 Å². The Morgan fingerprint density at radius 2 is 0.969 bits per heavy atom. The number of amides is 4. The lowest BCUT2D eigenvalue weighted by Crippen LogP contribution is -2.30. The Morgan fingerprint density at radius 3 is 1.28 bits per heavy atom. The average molecular weight is 444 g/mol. The van der Waals surface area contributed by atoms with Crippen LogP contribution < -0.4 is 21.3 Å². The van der Waals surface area contributed by atoms with Crippen LogP contribution in [0.3, 0.4) is 0 Å². The van der Waals surface area contributed by atoms with E-state index in [4.69, 9.17) is 0 Å².